The van der Waals surface area contributed by atoms with E-state index < -0.39 is 0 Å². The molecule has 2 heterocycles. The van der Waals surface area contributed by atoms with Gasteiger partial charge in [-0.3, -0.25) is 0 Å². The number of anilines is 1. The third-order valence-electron chi connectivity index (χ3n) is 2.50. The second-order valence-corrected chi connectivity index (χ2v) is 6.13. The third-order valence-corrected chi connectivity index (χ3v) is 3.67. The zero-order valence-electron chi connectivity index (χ0n) is 8.43. The Hall–Kier alpha value is -0.250. The lowest BCUT2D eigenvalue weighted by Crippen LogP contribution is -2.31. The second-order valence-electron chi connectivity index (χ2n) is 4.41. The van der Waals surface area contributed by atoms with Gasteiger partial charge in [0.1, 0.15) is 0 Å². The van der Waals surface area contributed by atoms with E-state index in [1.807, 2.05) is 12.1 Å². The number of hydrogen-bond acceptors (Lipinski definition) is 3. The minimum Gasteiger partial charge on any atom is -0.373 e. The van der Waals surface area contributed by atoms with Crippen LogP contribution in [0.2, 0.25) is 4.34 Å². The molecule has 0 aromatic carbocycles. The van der Waals surface area contributed by atoms with E-state index in [0.717, 1.165) is 17.3 Å². The van der Waals surface area contributed by atoms with Gasteiger partial charge in [0.05, 0.1) is 9.34 Å². The lowest BCUT2D eigenvalue weighted by molar-refractivity contribution is 0.457. The fraction of sp³-hybridized carbons (Fsp3) is 0.600. The summed E-state index contributed by atoms with van der Waals surface area (Å²) in [6.07, 6.45) is 1.16. The van der Waals surface area contributed by atoms with Crippen molar-refractivity contribution in [3.05, 3.63) is 16.5 Å². The number of nitrogens with one attached hydrogen (secondary N) is 2. The molecule has 0 bridgehead atoms. The molecule has 1 aromatic rings. The molecule has 14 heavy (non-hydrogen) atoms. The van der Waals surface area contributed by atoms with E-state index >= 15 is 0 Å². The van der Waals surface area contributed by atoms with Crippen molar-refractivity contribution in [2.75, 3.05) is 11.9 Å². The third kappa shape index (κ3) is 2.41. The molecule has 2 N–H and O–H groups in total. The molecule has 0 amide bonds. The lowest BCUT2D eigenvalue weighted by atomic mass is 10.0. The predicted octanol–water partition coefficient (Wildman–Crippen LogP) is 2.95. The molecule has 78 valence electrons. The molecule has 0 radical (unpaired) electrons. The van der Waals surface area contributed by atoms with Crippen LogP contribution in [0, 0.1) is 0 Å². The van der Waals surface area contributed by atoms with Gasteiger partial charge in [-0.15, -0.1) is 11.3 Å². The summed E-state index contributed by atoms with van der Waals surface area (Å²) in [5.74, 6) is 0. The van der Waals surface area contributed by atoms with Crippen LogP contribution in [0.4, 0.5) is 5.00 Å². The van der Waals surface area contributed by atoms with Gasteiger partial charge in [-0.25, -0.2) is 0 Å². The maximum atomic E-state index is 5.86. The summed E-state index contributed by atoms with van der Waals surface area (Å²) in [6.45, 7) is 5.49. The highest BCUT2D eigenvalue weighted by atomic mass is 35.5. The first-order valence-electron chi connectivity index (χ1n) is 4.82. The van der Waals surface area contributed by atoms with E-state index in [0.29, 0.717) is 6.04 Å². The Kier molecular flexibility index (Phi) is 2.73. The van der Waals surface area contributed by atoms with Gasteiger partial charge in [-0.05, 0) is 32.4 Å². The highest BCUT2D eigenvalue weighted by Gasteiger charge is 2.30. The number of hydrogen-bond donors (Lipinski definition) is 2. The molecule has 4 heteroatoms. The number of rotatable bonds is 2. The highest BCUT2D eigenvalue weighted by Crippen LogP contribution is 2.28. The zero-order valence-corrected chi connectivity index (χ0v) is 10.0. The fourth-order valence-corrected chi connectivity index (χ4v) is 2.88. The van der Waals surface area contributed by atoms with Gasteiger partial charge < -0.3 is 10.6 Å². The van der Waals surface area contributed by atoms with Crippen LogP contribution < -0.4 is 10.6 Å². The SMILES string of the molecule is CC1(C)CC(Nc2ccc(Cl)s2)CN1. The smallest absolute Gasteiger partial charge is 0.0950 e. The van der Waals surface area contributed by atoms with Crippen molar-refractivity contribution in [2.24, 2.45) is 0 Å². The molecule has 2 rings (SSSR count). The van der Waals surface area contributed by atoms with Gasteiger partial charge in [0.25, 0.3) is 0 Å². The molecule has 1 aliphatic heterocycles. The van der Waals surface area contributed by atoms with Crippen LogP contribution in [0.3, 0.4) is 0 Å². The number of thiophene rings is 1. The molecular weight excluding hydrogens is 216 g/mol. The van der Waals surface area contributed by atoms with Crippen LogP contribution in [-0.2, 0) is 0 Å². The first-order chi connectivity index (χ1) is 6.55. The summed E-state index contributed by atoms with van der Waals surface area (Å²) in [4.78, 5) is 0. The Morgan fingerprint density at radius 3 is 2.86 bits per heavy atom. The molecule has 1 atom stereocenters. The first kappa shape index (κ1) is 10.3. The van der Waals surface area contributed by atoms with Crippen molar-refractivity contribution in [2.45, 2.75) is 31.8 Å². The van der Waals surface area contributed by atoms with E-state index in [4.69, 9.17) is 11.6 Å². The highest BCUT2D eigenvalue weighted by molar-refractivity contribution is 7.19. The standard InChI is InChI=1S/C10H15ClN2S/c1-10(2)5-7(6-12-10)13-9-4-3-8(11)14-9/h3-4,7,12-13H,5-6H2,1-2H3. The molecule has 0 aliphatic carbocycles. The van der Waals surface area contributed by atoms with Crippen molar-refractivity contribution in [1.82, 2.24) is 5.32 Å². The van der Waals surface area contributed by atoms with Crippen LogP contribution in [0.5, 0.6) is 0 Å². The van der Waals surface area contributed by atoms with Crippen molar-refractivity contribution in [3.63, 3.8) is 0 Å². The van der Waals surface area contributed by atoms with Gasteiger partial charge in [0, 0.05) is 18.1 Å². The summed E-state index contributed by atoms with van der Waals surface area (Å²) in [6, 6.07) is 4.50. The van der Waals surface area contributed by atoms with E-state index in [-0.39, 0.29) is 5.54 Å². The molecule has 1 aliphatic rings. The Morgan fingerprint density at radius 2 is 2.36 bits per heavy atom. The molecule has 1 aromatic heterocycles. The van der Waals surface area contributed by atoms with E-state index in [2.05, 4.69) is 24.5 Å². The largest absolute Gasteiger partial charge is 0.373 e. The van der Waals surface area contributed by atoms with Gasteiger partial charge in [0.15, 0.2) is 0 Å². The second kappa shape index (κ2) is 3.72. The Bertz CT molecular complexity index is 322. The average molecular weight is 231 g/mol. The van der Waals surface area contributed by atoms with E-state index in [1.165, 1.54) is 5.00 Å². The average Bonchev–Trinajstić information content (AvgIpc) is 2.59. The van der Waals surface area contributed by atoms with Crippen LogP contribution in [-0.4, -0.2) is 18.1 Å². The lowest BCUT2D eigenvalue weighted by Gasteiger charge is -2.17. The summed E-state index contributed by atoms with van der Waals surface area (Å²) < 4.78 is 0.845. The monoisotopic (exact) mass is 230 g/mol. The predicted molar refractivity (Wildman–Crippen MR) is 63.4 cm³/mol. The zero-order chi connectivity index (χ0) is 10.2. The summed E-state index contributed by atoms with van der Waals surface area (Å²) in [5, 5.41) is 8.14. The topological polar surface area (TPSA) is 24.1 Å². The minimum atomic E-state index is 0.263. The molecule has 2 nitrogen and oxygen atoms in total. The van der Waals surface area contributed by atoms with Gasteiger partial charge in [-0.2, -0.15) is 0 Å². The maximum Gasteiger partial charge on any atom is 0.0950 e. The van der Waals surface area contributed by atoms with Gasteiger partial charge >= 0.3 is 0 Å². The minimum absolute atomic E-state index is 0.263. The Balaban J connectivity index is 1.94. The normalized spacial score (nSPS) is 25.2. The van der Waals surface area contributed by atoms with Crippen molar-refractivity contribution >= 4 is 27.9 Å². The molecule has 1 saturated heterocycles. The Morgan fingerprint density at radius 1 is 1.57 bits per heavy atom. The summed E-state index contributed by atoms with van der Waals surface area (Å²) in [5.41, 5.74) is 0.263. The van der Waals surface area contributed by atoms with Crippen LogP contribution in [0.15, 0.2) is 12.1 Å². The van der Waals surface area contributed by atoms with Crippen molar-refractivity contribution < 1.29 is 0 Å². The summed E-state index contributed by atoms with van der Waals surface area (Å²) in [7, 11) is 0. The molecule has 1 fully saturated rings. The van der Waals surface area contributed by atoms with Crippen LogP contribution in [0.25, 0.3) is 0 Å². The van der Waals surface area contributed by atoms with E-state index in [1.54, 1.807) is 11.3 Å². The van der Waals surface area contributed by atoms with Crippen molar-refractivity contribution in [1.29, 1.82) is 0 Å². The van der Waals surface area contributed by atoms with Crippen LogP contribution in [0.1, 0.15) is 20.3 Å². The van der Waals surface area contributed by atoms with Gasteiger partial charge in [-0.1, -0.05) is 11.6 Å². The Labute approximate surface area is 93.7 Å². The maximum absolute atomic E-state index is 5.86. The molecule has 1 unspecified atom stereocenters. The number of halogens is 1. The molecule has 0 spiro atoms. The molecular formula is C10H15ClN2S. The quantitative estimate of drug-likeness (QED) is 0.817. The first-order valence-corrected chi connectivity index (χ1v) is 6.01. The fourth-order valence-electron chi connectivity index (χ4n) is 1.85. The summed E-state index contributed by atoms with van der Waals surface area (Å²) >= 11 is 7.47. The van der Waals surface area contributed by atoms with Crippen LogP contribution >= 0.6 is 22.9 Å². The van der Waals surface area contributed by atoms with E-state index in [9.17, 15) is 0 Å². The molecule has 0 saturated carbocycles. The van der Waals surface area contributed by atoms with Gasteiger partial charge in [0.2, 0.25) is 0 Å². The van der Waals surface area contributed by atoms with Crippen molar-refractivity contribution in [3.8, 4) is 0 Å².